The molecule has 19 heavy (non-hydrogen) atoms. The van der Waals surface area contributed by atoms with Crippen LogP contribution in [-0.4, -0.2) is 31.3 Å². The van der Waals surface area contributed by atoms with Crippen molar-refractivity contribution < 1.29 is 4.74 Å². The van der Waals surface area contributed by atoms with Crippen molar-refractivity contribution in [3.05, 3.63) is 36.7 Å². The van der Waals surface area contributed by atoms with Crippen molar-refractivity contribution in [2.45, 2.75) is 18.9 Å². The summed E-state index contributed by atoms with van der Waals surface area (Å²) in [5.41, 5.74) is 6.68. The van der Waals surface area contributed by atoms with Gasteiger partial charge in [0.05, 0.1) is 6.61 Å². The van der Waals surface area contributed by atoms with Crippen LogP contribution >= 0.6 is 0 Å². The van der Waals surface area contributed by atoms with Gasteiger partial charge < -0.3 is 15.8 Å². The first-order valence-electron chi connectivity index (χ1n) is 6.63. The number of nitrogens with two attached hydrogens (primary N) is 1. The highest BCUT2D eigenvalue weighted by atomic mass is 16.5. The number of aromatic nitrogens is 1. The van der Waals surface area contributed by atoms with Crippen LogP contribution in [0.5, 0.6) is 0 Å². The van der Waals surface area contributed by atoms with E-state index in [-0.39, 0.29) is 6.04 Å². The van der Waals surface area contributed by atoms with E-state index in [0.717, 1.165) is 23.9 Å². The van der Waals surface area contributed by atoms with Crippen LogP contribution < -0.4 is 11.1 Å². The molecule has 4 nitrogen and oxygen atoms in total. The Morgan fingerprint density at radius 2 is 2.26 bits per heavy atom. The van der Waals surface area contributed by atoms with E-state index < -0.39 is 0 Å². The number of ether oxygens (including phenoxy) is 1. The SMILES string of the molecule is COCC(CCCN)Nc1cccc2ccncc12. The van der Waals surface area contributed by atoms with Crippen molar-refractivity contribution in [2.24, 2.45) is 5.73 Å². The third-order valence-corrected chi connectivity index (χ3v) is 3.17. The topological polar surface area (TPSA) is 60.2 Å². The van der Waals surface area contributed by atoms with Crippen molar-refractivity contribution in [1.29, 1.82) is 0 Å². The third kappa shape index (κ3) is 3.66. The third-order valence-electron chi connectivity index (χ3n) is 3.17. The minimum atomic E-state index is 0.277. The van der Waals surface area contributed by atoms with Gasteiger partial charge in [-0.25, -0.2) is 0 Å². The van der Waals surface area contributed by atoms with E-state index in [2.05, 4.69) is 28.5 Å². The fourth-order valence-electron chi connectivity index (χ4n) is 2.22. The lowest BCUT2D eigenvalue weighted by molar-refractivity contribution is 0.182. The molecule has 2 rings (SSSR count). The van der Waals surface area contributed by atoms with Crippen molar-refractivity contribution in [1.82, 2.24) is 4.98 Å². The van der Waals surface area contributed by atoms with Crippen molar-refractivity contribution >= 4 is 16.5 Å². The number of fused-ring (bicyclic) bond motifs is 1. The van der Waals surface area contributed by atoms with Crippen LogP contribution in [-0.2, 0) is 4.74 Å². The fraction of sp³-hybridized carbons (Fsp3) is 0.400. The summed E-state index contributed by atoms with van der Waals surface area (Å²) in [6.07, 6.45) is 5.70. The molecule has 0 aliphatic carbocycles. The molecule has 102 valence electrons. The highest BCUT2D eigenvalue weighted by Gasteiger charge is 2.09. The number of nitrogens with one attached hydrogen (secondary N) is 1. The van der Waals surface area contributed by atoms with Crippen molar-refractivity contribution in [3.8, 4) is 0 Å². The molecule has 1 heterocycles. The summed E-state index contributed by atoms with van der Waals surface area (Å²) >= 11 is 0. The first-order chi connectivity index (χ1) is 9.35. The number of rotatable bonds is 7. The summed E-state index contributed by atoms with van der Waals surface area (Å²) in [5, 5.41) is 5.86. The van der Waals surface area contributed by atoms with Crippen LogP contribution in [0, 0.1) is 0 Å². The van der Waals surface area contributed by atoms with Crippen molar-refractivity contribution in [2.75, 3.05) is 25.6 Å². The van der Waals surface area contributed by atoms with Gasteiger partial charge in [-0.1, -0.05) is 12.1 Å². The monoisotopic (exact) mass is 259 g/mol. The van der Waals surface area contributed by atoms with E-state index in [0.29, 0.717) is 13.2 Å². The normalized spacial score (nSPS) is 12.5. The number of pyridine rings is 1. The molecule has 0 saturated heterocycles. The average Bonchev–Trinajstić information content (AvgIpc) is 2.45. The van der Waals surface area contributed by atoms with Gasteiger partial charge >= 0.3 is 0 Å². The number of benzene rings is 1. The molecule has 4 heteroatoms. The molecular formula is C15H21N3O. The maximum atomic E-state index is 5.58. The Kier molecular flexibility index (Phi) is 5.12. The molecule has 0 fully saturated rings. The smallest absolute Gasteiger partial charge is 0.0664 e. The predicted octanol–water partition coefficient (Wildman–Crippen LogP) is 2.40. The molecule has 0 aliphatic heterocycles. The second-order valence-corrected chi connectivity index (χ2v) is 4.63. The molecule has 0 aliphatic rings. The minimum absolute atomic E-state index is 0.277. The molecule has 1 aromatic carbocycles. The molecule has 1 unspecified atom stereocenters. The molecule has 1 atom stereocenters. The Labute approximate surface area is 114 Å². The Morgan fingerprint density at radius 3 is 3.05 bits per heavy atom. The van der Waals surface area contributed by atoms with E-state index >= 15 is 0 Å². The van der Waals surface area contributed by atoms with Gasteiger partial charge in [0.1, 0.15) is 0 Å². The summed E-state index contributed by atoms with van der Waals surface area (Å²) in [5.74, 6) is 0. The van der Waals surface area contributed by atoms with Gasteiger partial charge in [-0.05, 0) is 36.9 Å². The summed E-state index contributed by atoms with van der Waals surface area (Å²) < 4.78 is 5.27. The second kappa shape index (κ2) is 7.07. The first-order valence-corrected chi connectivity index (χ1v) is 6.63. The second-order valence-electron chi connectivity index (χ2n) is 4.63. The number of methoxy groups -OCH3 is 1. The van der Waals surface area contributed by atoms with Crippen LogP contribution in [0.2, 0.25) is 0 Å². The van der Waals surface area contributed by atoms with E-state index in [9.17, 15) is 0 Å². The van der Waals surface area contributed by atoms with Gasteiger partial charge in [0.2, 0.25) is 0 Å². The minimum Gasteiger partial charge on any atom is -0.383 e. The molecule has 0 spiro atoms. The van der Waals surface area contributed by atoms with Gasteiger partial charge in [-0.2, -0.15) is 0 Å². The molecule has 1 aromatic heterocycles. The molecular weight excluding hydrogens is 238 g/mol. The lowest BCUT2D eigenvalue weighted by Gasteiger charge is -2.20. The highest BCUT2D eigenvalue weighted by Crippen LogP contribution is 2.23. The van der Waals surface area contributed by atoms with Crippen LogP contribution in [0.1, 0.15) is 12.8 Å². The molecule has 0 saturated carbocycles. The van der Waals surface area contributed by atoms with E-state index in [1.165, 1.54) is 5.39 Å². The first kappa shape index (κ1) is 13.8. The largest absolute Gasteiger partial charge is 0.383 e. The Balaban J connectivity index is 2.18. The van der Waals surface area contributed by atoms with Crippen LogP contribution in [0.15, 0.2) is 36.7 Å². The molecule has 0 amide bonds. The van der Waals surface area contributed by atoms with Crippen LogP contribution in [0.25, 0.3) is 10.8 Å². The predicted molar refractivity (Wildman–Crippen MR) is 79.3 cm³/mol. The zero-order valence-corrected chi connectivity index (χ0v) is 11.3. The van der Waals surface area contributed by atoms with Gasteiger partial charge in [-0.15, -0.1) is 0 Å². The zero-order chi connectivity index (χ0) is 13.5. The average molecular weight is 259 g/mol. The zero-order valence-electron chi connectivity index (χ0n) is 11.3. The maximum Gasteiger partial charge on any atom is 0.0664 e. The summed E-state index contributed by atoms with van der Waals surface area (Å²) in [7, 11) is 1.72. The highest BCUT2D eigenvalue weighted by molar-refractivity contribution is 5.93. The Morgan fingerprint density at radius 1 is 1.37 bits per heavy atom. The van der Waals surface area contributed by atoms with E-state index in [1.807, 2.05) is 18.5 Å². The van der Waals surface area contributed by atoms with E-state index in [4.69, 9.17) is 10.5 Å². The Hall–Kier alpha value is -1.65. The quantitative estimate of drug-likeness (QED) is 0.801. The lowest BCUT2D eigenvalue weighted by atomic mass is 10.1. The summed E-state index contributed by atoms with van der Waals surface area (Å²) in [6, 6.07) is 8.52. The standard InChI is InChI=1S/C15H21N3O/c1-19-11-13(5-3-8-16)18-15-6-2-4-12-7-9-17-10-14(12)15/h2,4,6-7,9-10,13,18H,3,5,8,11,16H2,1H3. The van der Waals surface area contributed by atoms with Crippen LogP contribution in [0.4, 0.5) is 5.69 Å². The van der Waals surface area contributed by atoms with Gasteiger partial charge in [0.15, 0.2) is 0 Å². The number of nitrogens with zero attached hydrogens (tertiary/aromatic N) is 1. The molecule has 2 aromatic rings. The summed E-state index contributed by atoms with van der Waals surface area (Å²) in [6.45, 7) is 1.38. The molecule has 3 N–H and O–H groups in total. The number of hydrogen-bond acceptors (Lipinski definition) is 4. The lowest BCUT2D eigenvalue weighted by Crippen LogP contribution is -2.25. The Bertz CT molecular complexity index is 510. The number of hydrogen-bond donors (Lipinski definition) is 2. The maximum absolute atomic E-state index is 5.58. The van der Waals surface area contributed by atoms with Gasteiger partial charge in [0.25, 0.3) is 0 Å². The van der Waals surface area contributed by atoms with Gasteiger partial charge in [0, 0.05) is 36.6 Å². The number of anilines is 1. The fourth-order valence-corrected chi connectivity index (χ4v) is 2.22. The van der Waals surface area contributed by atoms with Crippen molar-refractivity contribution in [3.63, 3.8) is 0 Å². The molecule has 0 bridgehead atoms. The summed E-state index contributed by atoms with van der Waals surface area (Å²) in [4.78, 5) is 4.20. The van der Waals surface area contributed by atoms with Crippen LogP contribution in [0.3, 0.4) is 0 Å². The van der Waals surface area contributed by atoms with E-state index in [1.54, 1.807) is 7.11 Å². The molecule has 0 radical (unpaired) electrons. The van der Waals surface area contributed by atoms with Gasteiger partial charge in [-0.3, -0.25) is 4.98 Å².